The molecule has 0 N–H and O–H groups in total. The molecule has 0 aliphatic carbocycles. The molecule has 0 fully saturated rings. The summed E-state index contributed by atoms with van der Waals surface area (Å²) in [6.07, 6.45) is 5.88. The molecule has 0 aliphatic heterocycles. The average molecular weight is 176 g/mol. The highest BCUT2D eigenvalue weighted by Gasteiger charge is 2.06. The molecule has 1 heterocycles. The lowest BCUT2D eigenvalue weighted by Crippen LogP contribution is -2.25. The maximum atomic E-state index is 4.29. The van der Waals surface area contributed by atoms with Crippen LogP contribution in [-0.4, -0.2) is 11.0 Å². The number of pyridine rings is 1. The molecule has 13 heavy (non-hydrogen) atoms. The summed E-state index contributed by atoms with van der Waals surface area (Å²) >= 11 is 0. The van der Waals surface area contributed by atoms with Gasteiger partial charge in [0.25, 0.3) is 0 Å². The molecule has 0 saturated carbocycles. The quantitative estimate of drug-likeness (QED) is 0.704. The van der Waals surface area contributed by atoms with Gasteiger partial charge < -0.3 is 4.90 Å². The van der Waals surface area contributed by atoms with Crippen LogP contribution in [0.1, 0.15) is 20.8 Å². The molecule has 0 radical (unpaired) electrons. The first-order chi connectivity index (χ1) is 6.25. The highest BCUT2D eigenvalue weighted by molar-refractivity contribution is 5.42. The fourth-order valence-electron chi connectivity index (χ4n) is 1.18. The number of aromatic nitrogens is 1. The van der Waals surface area contributed by atoms with Gasteiger partial charge >= 0.3 is 0 Å². The molecular formula is C11H16N2. The highest BCUT2D eigenvalue weighted by atomic mass is 15.2. The third-order valence-corrected chi connectivity index (χ3v) is 1.78. The van der Waals surface area contributed by atoms with E-state index in [1.54, 1.807) is 0 Å². The number of allylic oxidation sites excluding steroid dienone is 1. The second kappa shape index (κ2) is 4.65. The molecule has 0 bridgehead atoms. The molecule has 0 amide bonds. The number of rotatable bonds is 3. The third kappa shape index (κ3) is 2.58. The van der Waals surface area contributed by atoms with Crippen LogP contribution in [-0.2, 0) is 0 Å². The maximum Gasteiger partial charge on any atom is 0.132 e. The first-order valence-corrected chi connectivity index (χ1v) is 4.58. The van der Waals surface area contributed by atoms with Crippen molar-refractivity contribution in [1.29, 1.82) is 0 Å². The van der Waals surface area contributed by atoms with E-state index in [4.69, 9.17) is 0 Å². The molecule has 0 saturated heterocycles. The van der Waals surface area contributed by atoms with E-state index >= 15 is 0 Å². The zero-order chi connectivity index (χ0) is 9.68. The molecule has 0 atom stereocenters. The predicted octanol–water partition coefficient (Wildman–Crippen LogP) is 2.83. The van der Waals surface area contributed by atoms with Gasteiger partial charge in [0.05, 0.1) is 0 Å². The van der Waals surface area contributed by atoms with Crippen molar-refractivity contribution >= 4 is 5.82 Å². The summed E-state index contributed by atoms with van der Waals surface area (Å²) in [5.41, 5.74) is 0. The van der Waals surface area contributed by atoms with Crippen molar-refractivity contribution in [3.63, 3.8) is 0 Å². The zero-order valence-corrected chi connectivity index (χ0v) is 8.44. The molecule has 70 valence electrons. The molecule has 0 aliphatic rings. The van der Waals surface area contributed by atoms with Crippen molar-refractivity contribution in [2.75, 3.05) is 4.90 Å². The van der Waals surface area contributed by atoms with E-state index in [2.05, 4.69) is 23.7 Å². The summed E-state index contributed by atoms with van der Waals surface area (Å²) in [6.45, 7) is 6.31. The molecule has 1 rings (SSSR count). The largest absolute Gasteiger partial charge is 0.331 e. The third-order valence-electron chi connectivity index (χ3n) is 1.78. The number of anilines is 1. The van der Waals surface area contributed by atoms with Crippen molar-refractivity contribution in [3.8, 4) is 0 Å². The first kappa shape index (κ1) is 9.78. The van der Waals surface area contributed by atoms with E-state index in [1.165, 1.54) is 0 Å². The summed E-state index contributed by atoms with van der Waals surface area (Å²) in [4.78, 5) is 6.43. The lowest BCUT2D eigenvalue weighted by Gasteiger charge is -2.23. The van der Waals surface area contributed by atoms with Gasteiger partial charge in [0.2, 0.25) is 0 Å². The van der Waals surface area contributed by atoms with E-state index < -0.39 is 0 Å². The fourth-order valence-corrected chi connectivity index (χ4v) is 1.18. The number of hydrogen-bond donors (Lipinski definition) is 0. The molecule has 2 heteroatoms. The lowest BCUT2D eigenvalue weighted by atomic mass is 10.3. The Kier molecular flexibility index (Phi) is 3.50. The van der Waals surface area contributed by atoms with E-state index in [0.29, 0.717) is 6.04 Å². The summed E-state index contributed by atoms with van der Waals surface area (Å²) < 4.78 is 0. The van der Waals surface area contributed by atoms with Crippen LogP contribution in [0.5, 0.6) is 0 Å². The summed E-state index contributed by atoms with van der Waals surface area (Å²) in [7, 11) is 0. The van der Waals surface area contributed by atoms with E-state index in [-0.39, 0.29) is 0 Å². The Labute approximate surface area is 79.9 Å². The smallest absolute Gasteiger partial charge is 0.132 e. The number of hydrogen-bond acceptors (Lipinski definition) is 2. The molecule has 0 unspecified atom stereocenters. The van der Waals surface area contributed by atoms with Crippen LogP contribution in [0.25, 0.3) is 0 Å². The molecule has 2 nitrogen and oxygen atoms in total. The Bertz CT molecular complexity index is 265. The molecule has 0 aromatic carbocycles. The minimum atomic E-state index is 0.436. The average Bonchev–Trinajstić information content (AvgIpc) is 2.15. The van der Waals surface area contributed by atoms with Crippen molar-refractivity contribution in [1.82, 2.24) is 4.98 Å². The Hall–Kier alpha value is -1.31. The second-order valence-electron chi connectivity index (χ2n) is 3.17. The molecule has 1 aromatic rings. The standard InChI is InChI=1S/C11H16N2/c1-4-9-13(10(2)3)11-7-5-6-8-12-11/h4-10H,1-3H3/b9-4-. The second-order valence-corrected chi connectivity index (χ2v) is 3.17. The van der Waals surface area contributed by atoms with Crippen LogP contribution in [0.15, 0.2) is 36.7 Å². The van der Waals surface area contributed by atoms with Gasteiger partial charge in [-0.3, -0.25) is 0 Å². The maximum absolute atomic E-state index is 4.29. The fraction of sp³-hybridized carbons (Fsp3) is 0.364. The lowest BCUT2D eigenvalue weighted by molar-refractivity contribution is 0.770. The molecular weight excluding hydrogens is 160 g/mol. The highest BCUT2D eigenvalue weighted by Crippen LogP contribution is 2.12. The molecule has 0 spiro atoms. The van der Waals surface area contributed by atoms with Crippen molar-refractivity contribution in [2.45, 2.75) is 26.8 Å². The van der Waals surface area contributed by atoms with Gasteiger partial charge in [0, 0.05) is 18.4 Å². The van der Waals surface area contributed by atoms with Gasteiger partial charge in [-0.25, -0.2) is 4.98 Å². The topological polar surface area (TPSA) is 16.1 Å². The van der Waals surface area contributed by atoms with Crippen LogP contribution in [0.2, 0.25) is 0 Å². The Morgan fingerprint density at radius 3 is 2.62 bits per heavy atom. The van der Waals surface area contributed by atoms with Gasteiger partial charge in [0.1, 0.15) is 5.82 Å². The van der Waals surface area contributed by atoms with Gasteiger partial charge in [-0.1, -0.05) is 12.1 Å². The van der Waals surface area contributed by atoms with E-state index in [9.17, 15) is 0 Å². The van der Waals surface area contributed by atoms with Gasteiger partial charge in [-0.2, -0.15) is 0 Å². The summed E-state index contributed by atoms with van der Waals surface area (Å²) in [5, 5.41) is 0. The van der Waals surface area contributed by atoms with E-state index in [0.717, 1.165) is 5.82 Å². The minimum absolute atomic E-state index is 0.436. The van der Waals surface area contributed by atoms with Crippen LogP contribution in [0.4, 0.5) is 5.82 Å². The van der Waals surface area contributed by atoms with Crippen LogP contribution in [0.3, 0.4) is 0 Å². The number of nitrogens with zero attached hydrogens (tertiary/aromatic N) is 2. The monoisotopic (exact) mass is 176 g/mol. The first-order valence-electron chi connectivity index (χ1n) is 4.58. The van der Waals surface area contributed by atoms with Crippen LogP contribution >= 0.6 is 0 Å². The van der Waals surface area contributed by atoms with Crippen molar-refractivity contribution in [3.05, 3.63) is 36.7 Å². The minimum Gasteiger partial charge on any atom is -0.331 e. The van der Waals surface area contributed by atoms with Crippen LogP contribution < -0.4 is 4.90 Å². The SMILES string of the molecule is C/C=C\N(c1ccccn1)C(C)C. The van der Waals surface area contributed by atoms with Crippen molar-refractivity contribution < 1.29 is 0 Å². The normalized spacial score (nSPS) is 11.1. The summed E-state index contributed by atoms with van der Waals surface area (Å²) in [6, 6.07) is 6.38. The van der Waals surface area contributed by atoms with Gasteiger partial charge in [0.15, 0.2) is 0 Å². The Morgan fingerprint density at radius 1 is 1.38 bits per heavy atom. The molecule has 1 aromatic heterocycles. The Morgan fingerprint density at radius 2 is 2.15 bits per heavy atom. The van der Waals surface area contributed by atoms with E-state index in [1.807, 2.05) is 43.6 Å². The van der Waals surface area contributed by atoms with Crippen LogP contribution in [0, 0.1) is 0 Å². The van der Waals surface area contributed by atoms with Gasteiger partial charge in [-0.15, -0.1) is 0 Å². The summed E-state index contributed by atoms with van der Waals surface area (Å²) in [5.74, 6) is 0.996. The predicted molar refractivity (Wildman–Crippen MR) is 56.7 cm³/mol. The van der Waals surface area contributed by atoms with Gasteiger partial charge in [-0.05, 0) is 32.9 Å². The Balaban J connectivity index is 2.89. The van der Waals surface area contributed by atoms with Crippen molar-refractivity contribution in [2.24, 2.45) is 0 Å². The zero-order valence-electron chi connectivity index (χ0n) is 8.44.